The Morgan fingerprint density at radius 2 is 1.08 bits per heavy atom. The number of hydrogen-bond acceptors (Lipinski definition) is 4. The molecule has 0 saturated heterocycles. The minimum absolute atomic E-state index is 0.846. The topological polar surface area (TPSA) is 51.6 Å². The van der Waals surface area contributed by atoms with Gasteiger partial charge in [-0.05, 0) is 55.3 Å². The summed E-state index contributed by atoms with van der Waals surface area (Å²) in [6.07, 6.45) is 0. The molecule has 5 aromatic rings. The molecule has 0 spiro atoms. The van der Waals surface area contributed by atoms with Crippen LogP contribution in [-0.4, -0.2) is 19.9 Å². The molecule has 5 rings (SSSR count). The second-order valence-corrected chi connectivity index (χ2v) is 6.14. The zero-order chi connectivity index (χ0) is 16.3. The number of benzene rings is 3. The van der Waals surface area contributed by atoms with Crippen LogP contribution in [0.1, 0.15) is 11.1 Å². The largest absolute Gasteiger partial charge is 0.244 e. The van der Waals surface area contributed by atoms with Gasteiger partial charge in [0.05, 0.1) is 44.1 Å². The molecule has 3 aromatic carbocycles. The van der Waals surface area contributed by atoms with Crippen LogP contribution in [0.5, 0.6) is 0 Å². The van der Waals surface area contributed by atoms with Crippen LogP contribution in [0.4, 0.5) is 0 Å². The van der Waals surface area contributed by atoms with E-state index in [1.807, 2.05) is 42.5 Å². The Kier molecular flexibility index (Phi) is 2.59. The predicted molar refractivity (Wildman–Crippen MR) is 97.1 cm³/mol. The number of aromatic nitrogens is 4. The van der Waals surface area contributed by atoms with E-state index in [-0.39, 0.29) is 0 Å². The highest BCUT2D eigenvalue weighted by Crippen LogP contribution is 2.25. The van der Waals surface area contributed by atoms with Crippen molar-refractivity contribution in [1.29, 1.82) is 0 Å². The molecule has 114 valence electrons. The molecular weight excluding hydrogens is 296 g/mol. The summed E-state index contributed by atoms with van der Waals surface area (Å²) in [6.45, 7) is 4.19. The summed E-state index contributed by atoms with van der Waals surface area (Å²) in [5.41, 5.74) is 9.45. The lowest BCUT2D eigenvalue weighted by Gasteiger charge is -2.07. The molecule has 0 fully saturated rings. The van der Waals surface area contributed by atoms with Crippen molar-refractivity contribution < 1.29 is 0 Å². The van der Waals surface area contributed by atoms with Crippen molar-refractivity contribution in [2.24, 2.45) is 0 Å². The first kappa shape index (κ1) is 13.3. The van der Waals surface area contributed by atoms with Crippen molar-refractivity contribution in [3.8, 4) is 0 Å². The number of nitrogens with zero attached hydrogens (tertiary/aromatic N) is 4. The number of para-hydroxylation sites is 2. The van der Waals surface area contributed by atoms with Gasteiger partial charge in [-0.15, -0.1) is 0 Å². The predicted octanol–water partition coefficient (Wildman–Crippen LogP) is 4.50. The zero-order valence-electron chi connectivity index (χ0n) is 13.4. The van der Waals surface area contributed by atoms with Gasteiger partial charge in [0, 0.05) is 0 Å². The van der Waals surface area contributed by atoms with Crippen molar-refractivity contribution in [2.75, 3.05) is 0 Å². The Morgan fingerprint density at radius 3 is 1.71 bits per heavy atom. The Hall–Kier alpha value is -3.14. The van der Waals surface area contributed by atoms with Gasteiger partial charge in [-0.2, -0.15) is 0 Å². The van der Waals surface area contributed by atoms with Crippen molar-refractivity contribution in [1.82, 2.24) is 19.9 Å². The molecule has 0 atom stereocenters. The zero-order valence-corrected chi connectivity index (χ0v) is 13.4. The van der Waals surface area contributed by atoms with Crippen molar-refractivity contribution in [2.45, 2.75) is 13.8 Å². The molecule has 0 aliphatic rings. The summed E-state index contributed by atoms with van der Waals surface area (Å²) in [5.74, 6) is 0. The standard InChI is InChI=1S/C20H14N4/c1-11-7-8-15-20(12(11)2)24-19-10-17-16(9-18(19)23-15)21-13-5-3-4-6-14(13)22-17/h3-10H,1-2H3. The molecule has 2 heterocycles. The summed E-state index contributed by atoms with van der Waals surface area (Å²) in [5, 5.41) is 0. The van der Waals surface area contributed by atoms with Crippen molar-refractivity contribution in [3.63, 3.8) is 0 Å². The van der Waals surface area contributed by atoms with Crippen LogP contribution >= 0.6 is 0 Å². The van der Waals surface area contributed by atoms with Crippen LogP contribution in [0.25, 0.3) is 44.1 Å². The van der Waals surface area contributed by atoms with Crippen LogP contribution in [0, 0.1) is 13.8 Å². The molecule has 4 nitrogen and oxygen atoms in total. The smallest absolute Gasteiger partial charge is 0.0926 e. The molecule has 24 heavy (non-hydrogen) atoms. The number of rotatable bonds is 0. The monoisotopic (exact) mass is 310 g/mol. The molecule has 4 heteroatoms. The van der Waals surface area contributed by atoms with Gasteiger partial charge in [-0.1, -0.05) is 18.2 Å². The van der Waals surface area contributed by atoms with Crippen LogP contribution in [0.15, 0.2) is 48.5 Å². The Morgan fingerprint density at radius 1 is 0.542 bits per heavy atom. The molecule has 0 N–H and O–H groups in total. The summed E-state index contributed by atoms with van der Waals surface area (Å²) >= 11 is 0. The van der Waals surface area contributed by atoms with Crippen LogP contribution in [0.2, 0.25) is 0 Å². The van der Waals surface area contributed by atoms with Gasteiger partial charge in [0.2, 0.25) is 0 Å². The van der Waals surface area contributed by atoms with Gasteiger partial charge in [0.1, 0.15) is 0 Å². The van der Waals surface area contributed by atoms with Gasteiger partial charge in [0.15, 0.2) is 0 Å². The summed E-state index contributed by atoms with van der Waals surface area (Å²) in [4.78, 5) is 19.0. The van der Waals surface area contributed by atoms with Crippen molar-refractivity contribution in [3.05, 3.63) is 59.7 Å². The van der Waals surface area contributed by atoms with Crippen LogP contribution in [-0.2, 0) is 0 Å². The van der Waals surface area contributed by atoms with Gasteiger partial charge in [-0.25, -0.2) is 19.9 Å². The highest BCUT2D eigenvalue weighted by atomic mass is 14.8. The van der Waals surface area contributed by atoms with Gasteiger partial charge >= 0.3 is 0 Å². The molecule has 0 bridgehead atoms. The highest BCUT2D eigenvalue weighted by Gasteiger charge is 2.09. The third kappa shape index (κ3) is 1.86. The molecule has 0 aliphatic heterocycles. The fourth-order valence-electron chi connectivity index (χ4n) is 3.09. The fraction of sp³-hybridized carbons (Fsp3) is 0.100. The second-order valence-electron chi connectivity index (χ2n) is 6.14. The van der Waals surface area contributed by atoms with E-state index in [0.29, 0.717) is 0 Å². The van der Waals surface area contributed by atoms with E-state index in [2.05, 4.69) is 19.9 Å². The molecule has 0 radical (unpaired) electrons. The SMILES string of the molecule is Cc1ccc2nc3cc4nc5ccccc5nc4cc3nc2c1C. The Balaban J connectivity index is 1.91. The maximum atomic E-state index is 4.84. The number of hydrogen-bond donors (Lipinski definition) is 0. The van der Waals surface area contributed by atoms with Gasteiger partial charge in [0.25, 0.3) is 0 Å². The lowest BCUT2D eigenvalue weighted by molar-refractivity contribution is 1.30. The lowest BCUT2D eigenvalue weighted by atomic mass is 10.1. The third-order valence-electron chi connectivity index (χ3n) is 4.59. The quantitative estimate of drug-likeness (QED) is 0.395. The summed E-state index contributed by atoms with van der Waals surface area (Å²) < 4.78 is 0. The first-order valence-electron chi connectivity index (χ1n) is 7.93. The third-order valence-corrected chi connectivity index (χ3v) is 4.59. The van der Waals surface area contributed by atoms with E-state index in [9.17, 15) is 0 Å². The first-order chi connectivity index (χ1) is 11.7. The molecule has 0 unspecified atom stereocenters. The average Bonchev–Trinajstić information content (AvgIpc) is 2.60. The first-order valence-corrected chi connectivity index (χ1v) is 7.93. The van der Waals surface area contributed by atoms with Gasteiger partial charge in [-0.3, -0.25) is 0 Å². The van der Waals surface area contributed by atoms with E-state index in [0.717, 1.165) is 44.1 Å². The van der Waals surface area contributed by atoms with E-state index >= 15 is 0 Å². The lowest BCUT2D eigenvalue weighted by Crippen LogP contribution is -1.94. The summed E-state index contributed by atoms with van der Waals surface area (Å²) in [7, 11) is 0. The molecule has 0 saturated carbocycles. The number of fused-ring (bicyclic) bond motifs is 4. The van der Waals surface area contributed by atoms with E-state index in [4.69, 9.17) is 19.9 Å². The Labute approximate surface area is 138 Å². The van der Waals surface area contributed by atoms with E-state index in [1.165, 1.54) is 11.1 Å². The van der Waals surface area contributed by atoms with Gasteiger partial charge < -0.3 is 0 Å². The number of aryl methyl sites for hydroxylation is 2. The average molecular weight is 310 g/mol. The van der Waals surface area contributed by atoms with E-state index < -0.39 is 0 Å². The van der Waals surface area contributed by atoms with Crippen molar-refractivity contribution >= 4 is 44.1 Å². The minimum Gasteiger partial charge on any atom is -0.244 e. The normalized spacial score (nSPS) is 11.8. The molecular formula is C20H14N4. The van der Waals surface area contributed by atoms with Crippen LogP contribution < -0.4 is 0 Å². The second kappa shape index (κ2) is 4.68. The maximum absolute atomic E-state index is 4.84. The molecule has 0 amide bonds. The van der Waals surface area contributed by atoms with Crippen LogP contribution in [0.3, 0.4) is 0 Å². The maximum Gasteiger partial charge on any atom is 0.0926 e. The summed E-state index contributed by atoms with van der Waals surface area (Å²) in [6, 6.07) is 16.0. The van der Waals surface area contributed by atoms with E-state index in [1.54, 1.807) is 0 Å². The Bertz CT molecular complexity index is 1270. The fourth-order valence-corrected chi connectivity index (χ4v) is 3.09. The minimum atomic E-state index is 0.846. The molecule has 2 aromatic heterocycles. The highest BCUT2D eigenvalue weighted by molar-refractivity contribution is 5.97. The molecule has 0 aliphatic carbocycles.